The van der Waals surface area contributed by atoms with Crippen LogP contribution in [0.5, 0.6) is 0 Å². The predicted octanol–water partition coefficient (Wildman–Crippen LogP) is 4.10. The molecule has 3 nitrogen and oxygen atoms in total. The molecule has 0 spiro atoms. The quantitative estimate of drug-likeness (QED) is 0.864. The molecule has 1 N–H and O–H groups in total. The lowest BCUT2D eigenvalue weighted by molar-refractivity contribution is -0.124. The van der Waals surface area contributed by atoms with Crippen molar-refractivity contribution in [2.45, 2.75) is 50.5 Å². The van der Waals surface area contributed by atoms with Crippen LogP contribution in [0.1, 0.15) is 49.1 Å². The van der Waals surface area contributed by atoms with Gasteiger partial charge in [0.15, 0.2) is 0 Å². The zero-order valence-electron chi connectivity index (χ0n) is 14.6. The topological polar surface area (TPSA) is 42.0 Å². The molecule has 4 rings (SSSR count). The summed E-state index contributed by atoms with van der Waals surface area (Å²) in [5, 5.41) is 3.37. The lowest BCUT2D eigenvalue weighted by Crippen LogP contribution is -2.56. The molecule has 1 amide bonds. The summed E-state index contributed by atoms with van der Waals surface area (Å²) in [6, 6.07) is 15.1. The number of amides is 1. The number of fused-ring (bicyclic) bond motifs is 1. The highest BCUT2D eigenvalue weighted by molar-refractivity contribution is 5.76. The van der Waals surface area contributed by atoms with Crippen molar-refractivity contribution in [3.8, 4) is 0 Å². The molecular formula is C22H26N2O. The maximum absolute atomic E-state index is 12.5. The first-order valence-corrected chi connectivity index (χ1v) is 9.56. The molecule has 2 aliphatic rings. The molecule has 0 unspecified atom stereocenters. The first-order valence-electron chi connectivity index (χ1n) is 9.56. The van der Waals surface area contributed by atoms with E-state index in [-0.39, 0.29) is 5.91 Å². The monoisotopic (exact) mass is 334 g/mol. The van der Waals surface area contributed by atoms with Crippen LogP contribution in [-0.2, 0) is 11.2 Å². The van der Waals surface area contributed by atoms with Crippen LogP contribution in [0.2, 0.25) is 0 Å². The fourth-order valence-electron chi connectivity index (χ4n) is 4.88. The van der Waals surface area contributed by atoms with Crippen LogP contribution in [0.25, 0.3) is 0 Å². The second-order valence-corrected chi connectivity index (χ2v) is 7.50. The molecule has 3 heteroatoms. The number of aryl methyl sites for hydroxylation is 1. The summed E-state index contributed by atoms with van der Waals surface area (Å²) >= 11 is 0. The minimum absolute atomic E-state index is 0.213. The fraction of sp³-hybridized carbons (Fsp3) is 0.455. The molecule has 0 radical (unpaired) electrons. The minimum atomic E-state index is 0.213. The number of carbonyl (C=O) groups is 1. The summed E-state index contributed by atoms with van der Waals surface area (Å²) in [5.74, 6) is 2.18. The van der Waals surface area contributed by atoms with Gasteiger partial charge in [-0.2, -0.15) is 0 Å². The zero-order valence-corrected chi connectivity index (χ0v) is 14.6. The summed E-state index contributed by atoms with van der Waals surface area (Å²) in [4.78, 5) is 16.5. The lowest BCUT2D eigenvalue weighted by atomic mass is 9.60. The van der Waals surface area contributed by atoms with E-state index in [2.05, 4.69) is 40.6 Å². The molecule has 1 heterocycles. The van der Waals surface area contributed by atoms with E-state index < -0.39 is 0 Å². The number of pyridine rings is 1. The molecule has 1 aromatic carbocycles. The largest absolute Gasteiger partial charge is 0.352 e. The van der Waals surface area contributed by atoms with Crippen LogP contribution in [0, 0.1) is 11.8 Å². The number of nitrogens with zero attached hydrogens (tertiary/aromatic N) is 1. The van der Waals surface area contributed by atoms with Crippen molar-refractivity contribution in [3.05, 3.63) is 66.0 Å². The summed E-state index contributed by atoms with van der Waals surface area (Å²) in [7, 11) is 0. The van der Waals surface area contributed by atoms with Gasteiger partial charge >= 0.3 is 0 Å². The molecule has 4 atom stereocenters. The van der Waals surface area contributed by atoms with Gasteiger partial charge in [-0.3, -0.25) is 9.78 Å². The average molecular weight is 334 g/mol. The van der Waals surface area contributed by atoms with Crippen molar-refractivity contribution < 1.29 is 4.79 Å². The maximum Gasteiger partial charge on any atom is 0.220 e. The van der Waals surface area contributed by atoms with Gasteiger partial charge in [0.05, 0.1) is 0 Å². The lowest BCUT2D eigenvalue weighted by Gasteiger charge is -2.49. The van der Waals surface area contributed by atoms with Crippen LogP contribution in [0.4, 0.5) is 0 Å². The number of rotatable bonds is 6. The van der Waals surface area contributed by atoms with Crippen molar-refractivity contribution in [1.29, 1.82) is 0 Å². The number of carbonyl (C=O) groups excluding carboxylic acids is 1. The molecule has 130 valence electrons. The normalized spacial score (nSPS) is 27.4. The van der Waals surface area contributed by atoms with Crippen LogP contribution in [0.15, 0.2) is 54.9 Å². The Morgan fingerprint density at radius 2 is 1.80 bits per heavy atom. The van der Waals surface area contributed by atoms with Crippen molar-refractivity contribution in [2.75, 3.05) is 0 Å². The molecule has 0 aliphatic heterocycles. The van der Waals surface area contributed by atoms with Crippen LogP contribution < -0.4 is 5.32 Å². The van der Waals surface area contributed by atoms with Gasteiger partial charge in [-0.25, -0.2) is 0 Å². The van der Waals surface area contributed by atoms with E-state index in [1.165, 1.54) is 30.4 Å². The van der Waals surface area contributed by atoms with Crippen molar-refractivity contribution in [2.24, 2.45) is 11.8 Å². The average Bonchev–Trinajstić information content (AvgIpc) is 3.05. The van der Waals surface area contributed by atoms with E-state index in [1.807, 2.05) is 24.5 Å². The number of hydrogen-bond acceptors (Lipinski definition) is 2. The van der Waals surface area contributed by atoms with E-state index in [0.29, 0.717) is 24.3 Å². The summed E-state index contributed by atoms with van der Waals surface area (Å²) in [5.41, 5.74) is 2.65. The zero-order chi connectivity index (χ0) is 17.1. The summed E-state index contributed by atoms with van der Waals surface area (Å²) < 4.78 is 0. The third-order valence-electron chi connectivity index (χ3n) is 6.07. The molecule has 25 heavy (non-hydrogen) atoms. The minimum Gasteiger partial charge on any atom is -0.352 e. The second kappa shape index (κ2) is 7.38. The highest BCUT2D eigenvalue weighted by atomic mass is 16.1. The smallest absolute Gasteiger partial charge is 0.220 e. The number of nitrogens with one attached hydrogen (secondary N) is 1. The van der Waals surface area contributed by atoms with Gasteiger partial charge in [0.25, 0.3) is 0 Å². The molecule has 0 bridgehead atoms. The Balaban J connectivity index is 1.33. The van der Waals surface area contributed by atoms with Crippen LogP contribution in [0.3, 0.4) is 0 Å². The van der Waals surface area contributed by atoms with Crippen molar-refractivity contribution in [3.63, 3.8) is 0 Å². The van der Waals surface area contributed by atoms with Crippen molar-refractivity contribution in [1.82, 2.24) is 10.3 Å². The Morgan fingerprint density at radius 3 is 2.60 bits per heavy atom. The van der Waals surface area contributed by atoms with Gasteiger partial charge in [0.2, 0.25) is 5.91 Å². The van der Waals surface area contributed by atoms with Gasteiger partial charge in [-0.15, -0.1) is 0 Å². The highest BCUT2D eigenvalue weighted by Crippen LogP contribution is 2.55. The first kappa shape index (κ1) is 16.3. The third-order valence-corrected chi connectivity index (χ3v) is 6.07. The van der Waals surface area contributed by atoms with Gasteiger partial charge in [0.1, 0.15) is 0 Å². The standard InChI is InChI=1S/C22H26N2O/c25-20(11-4-6-16-12-14-23-15-13-16)24-22-19-10-5-9-18(19)21(22)17-7-2-1-3-8-17/h1-3,7-8,12-15,18-19,21-22H,4-6,9-11H2,(H,24,25)/t18-,19+,21+,22+/m0/s1. The SMILES string of the molecule is O=C(CCCc1ccncc1)N[C@@H]1[C@@H]2CCC[C@@H]2[C@H]1c1ccccc1. The molecule has 2 aliphatic carbocycles. The molecule has 1 aromatic heterocycles. The number of benzene rings is 1. The Morgan fingerprint density at radius 1 is 1.04 bits per heavy atom. The number of aromatic nitrogens is 1. The Hall–Kier alpha value is -2.16. The Labute approximate surface area is 149 Å². The summed E-state index contributed by atoms with van der Waals surface area (Å²) in [6.45, 7) is 0. The molecule has 2 saturated carbocycles. The first-order chi connectivity index (χ1) is 12.3. The molecule has 2 aromatic rings. The third kappa shape index (κ3) is 3.46. The van der Waals surface area contributed by atoms with Gasteiger partial charge < -0.3 is 5.32 Å². The Bertz CT molecular complexity index is 700. The van der Waals surface area contributed by atoms with Gasteiger partial charge in [-0.1, -0.05) is 36.8 Å². The fourth-order valence-corrected chi connectivity index (χ4v) is 4.88. The molecule has 2 fully saturated rings. The second-order valence-electron chi connectivity index (χ2n) is 7.50. The van der Waals surface area contributed by atoms with Crippen LogP contribution in [-0.4, -0.2) is 16.9 Å². The maximum atomic E-state index is 12.5. The molecule has 0 saturated heterocycles. The number of hydrogen-bond donors (Lipinski definition) is 1. The van der Waals surface area contributed by atoms with E-state index in [4.69, 9.17) is 0 Å². The van der Waals surface area contributed by atoms with E-state index in [9.17, 15) is 4.79 Å². The highest BCUT2D eigenvalue weighted by Gasteiger charge is 2.53. The van der Waals surface area contributed by atoms with Gasteiger partial charge in [-0.05, 0) is 60.8 Å². The van der Waals surface area contributed by atoms with Crippen LogP contribution >= 0.6 is 0 Å². The van der Waals surface area contributed by atoms with E-state index >= 15 is 0 Å². The van der Waals surface area contributed by atoms with E-state index in [1.54, 1.807) is 0 Å². The predicted molar refractivity (Wildman–Crippen MR) is 99.1 cm³/mol. The Kier molecular flexibility index (Phi) is 4.82. The van der Waals surface area contributed by atoms with Crippen molar-refractivity contribution >= 4 is 5.91 Å². The molecular weight excluding hydrogens is 308 g/mol. The van der Waals surface area contributed by atoms with Gasteiger partial charge in [0, 0.05) is 30.8 Å². The summed E-state index contributed by atoms with van der Waals surface area (Å²) in [6.07, 6.45) is 9.98. The van der Waals surface area contributed by atoms with E-state index in [0.717, 1.165) is 18.8 Å².